The molecule has 21 heavy (non-hydrogen) atoms. The Balaban J connectivity index is 2.31. The van der Waals surface area contributed by atoms with Gasteiger partial charge in [0, 0.05) is 0 Å². The van der Waals surface area contributed by atoms with Crippen molar-refractivity contribution in [3.63, 3.8) is 0 Å². The van der Waals surface area contributed by atoms with E-state index >= 15 is 0 Å². The lowest BCUT2D eigenvalue weighted by Crippen LogP contribution is -2.16. The van der Waals surface area contributed by atoms with Crippen molar-refractivity contribution < 1.29 is 19.1 Å². The molecule has 0 bridgehead atoms. The van der Waals surface area contributed by atoms with Crippen molar-refractivity contribution in [3.8, 4) is 6.07 Å². The summed E-state index contributed by atoms with van der Waals surface area (Å²) >= 11 is 0. The first-order valence-corrected chi connectivity index (χ1v) is 5.73. The van der Waals surface area contributed by atoms with E-state index in [2.05, 4.69) is 10.3 Å². The van der Waals surface area contributed by atoms with Crippen LogP contribution in [0.2, 0.25) is 0 Å². The van der Waals surface area contributed by atoms with Gasteiger partial charge in [0.25, 0.3) is 5.91 Å². The van der Waals surface area contributed by atoms with E-state index in [0.29, 0.717) is 0 Å². The second-order valence-corrected chi connectivity index (χ2v) is 3.94. The Bertz CT molecular complexity index is 768. The summed E-state index contributed by atoms with van der Waals surface area (Å²) in [6.45, 7) is 0. The zero-order chi connectivity index (χ0) is 15.4. The predicted octanol–water partition coefficient (Wildman–Crippen LogP) is 2.04. The minimum Gasteiger partial charge on any atom is -0.477 e. The zero-order valence-electron chi connectivity index (χ0n) is 10.5. The molecule has 0 radical (unpaired) electrons. The number of carboxylic acid groups (broad SMARTS) is 1. The van der Waals surface area contributed by atoms with Crippen molar-refractivity contribution in [2.45, 2.75) is 0 Å². The topological polar surface area (TPSA) is 103 Å². The molecule has 2 aromatic rings. The molecular formula is C14H8FN3O3. The van der Waals surface area contributed by atoms with Crippen LogP contribution < -0.4 is 5.32 Å². The number of benzene rings is 1. The molecular weight excluding hydrogens is 277 g/mol. The van der Waals surface area contributed by atoms with Crippen molar-refractivity contribution >= 4 is 17.6 Å². The summed E-state index contributed by atoms with van der Waals surface area (Å²) in [6, 6.07) is 9.36. The summed E-state index contributed by atoms with van der Waals surface area (Å²) in [4.78, 5) is 26.4. The maximum atomic E-state index is 13.4. The number of halogens is 1. The van der Waals surface area contributed by atoms with Gasteiger partial charge in [-0.05, 0) is 24.3 Å². The largest absolute Gasteiger partial charge is 0.477 e. The van der Waals surface area contributed by atoms with Crippen LogP contribution in [0.25, 0.3) is 0 Å². The average molecular weight is 285 g/mol. The molecule has 7 heteroatoms. The van der Waals surface area contributed by atoms with Crippen LogP contribution in [0.4, 0.5) is 10.1 Å². The third-order valence-electron chi connectivity index (χ3n) is 2.57. The summed E-state index contributed by atoms with van der Waals surface area (Å²) in [5.41, 5.74) is -0.754. The first kappa shape index (κ1) is 14.1. The van der Waals surface area contributed by atoms with Crippen LogP contribution in [0, 0.1) is 17.1 Å². The fourth-order valence-electron chi connectivity index (χ4n) is 1.61. The highest BCUT2D eigenvalue weighted by Gasteiger charge is 2.14. The Morgan fingerprint density at radius 1 is 1.19 bits per heavy atom. The number of aromatic nitrogens is 1. The molecule has 1 aromatic heterocycles. The van der Waals surface area contributed by atoms with E-state index in [4.69, 9.17) is 10.4 Å². The van der Waals surface area contributed by atoms with Gasteiger partial charge in [-0.2, -0.15) is 5.26 Å². The van der Waals surface area contributed by atoms with Crippen LogP contribution in [0.5, 0.6) is 0 Å². The van der Waals surface area contributed by atoms with E-state index in [-0.39, 0.29) is 22.6 Å². The summed E-state index contributed by atoms with van der Waals surface area (Å²) in [7, 11) is 0. The molecule has 2 rings (SSSR count). The van der Waals surface area contributed by atoms with E-state index < -0.39 is 17.7 Å². The maximum Gasteiger partial charge on any atom is 0.354 e. The van der Waals surface area contributed by atoms with Crippen molar-refractivity contribution in [1.82, 2.24) is 4.98 Å². The van der Waals surface area contributed by atoms with Crippen molar-refractivity contribution in [2.24, 2.45) is 0 Å². The Kier molecular flexibility index (Phi) is 3.90. The number of nitriles is 1. The van der Waals surface area contributed by atoms with Crippen LogP contribution >= 0.6 is 0 Å². The normalized spacial score (nSPS) is 9.71. The highest BCUT2D eigenvalue weighted by atomic mass is 19.1. The minimum absolute atomic E-state index is 0.00923. The highest BCUT2D eigenvalue weighted by molar-refractivity contribution is 6.04. The first-order valence-electron chi connectivity index (χ1n) is 5.73. The number of carbonyl (C=O) groups is 2. The van der Waals surface area contributed by atoms with Gasteiger partial charge in [0.15, 0.2) is 0 Å². The van der Waals surface area contributed by atoms with Gasteiger partial charge in [0.05, 0.1) is 5.69 Å². The number of rotatable bonds is 3. The standard InChI is InChI=1S/C14H8FN3O3/c15-9-3-1-4-10(8(9)7-16)18-13(19)11-5-2-6-12(17-11)14(20)21/h1-6H,(H,18,19)(H,20,21). The molecule has 0 saturated carbocycles. The quantitative estimate of drug-likeness (QED) is 0.898. The van der Waals surface area contributed by atoms with Crippen molar-refractivity contribution in [3.05, 3.63) is 59.2 Å². The van der Waals surface area contributed by atoms with Crippen molar-refractivity contribution in [2.75, 3.05) is 5.32 Å². The van der Waals surface area contributed by atoms with Gasteiger partial charge in [-0.15, -0.1) is 0 Å². The van der Waals surface area contributed by atoms with Gasteiger partial charge in [0.1, 0.15) is 28.8 Å². The molecule has 0 spiro atoms. The second kappa shape index (κ2) is 5.79. The summed E-state index contributed by atoms with van der Waals surface area (Å²) in [5.74, 6) is -2.77. The molecule has 1 aromatic carbocycles. The van der Waals surface area contributed by atoms with E-state index in [9.17, 15) is 14.0 Å². The Labute approximate surface area is 118 Å². The molecule has 0 fully saturated rings. The number of amides is 1. The van der Waals surface area contributed by atoms with Gasteiger partial charge in [0.2, 0.25) is 0 Å². The molecule has 0 saturated heterocycles. The summed E-state index contributed by atoms with van der Waals surface area (Å²) in [5, 5.41) is 20.0. The number of nitrogens with one attached hydrogen (secondary N) is 1. The number of pyridine rings is 1. The molecule has 6 nitrogen and oxygen atoms in total. The number of hydrogen-bond donors (Lipinski definition) is 2. The van der Waals surface area contributed by atoms with Crippen molar-refractivity contribution in [1.29, 1.82) is 5.26 Å². The minimum atomic E-state index is -1.27. The molecule has 0 unspecified atom stereocenters. The monoisotopic (exact) mass is 285 g/mol. The molecule has 0 aliphatic rings. The molecule has 1 heterocycles. The number of anilines is 1. The fourth-order valence-corrected chi connectivity index (χ4v) is 1.61. The van der Waals surface area contributed by atoms with E-state index in [1.165, 1.54) is 30.3 Å². The molecule has 0 aliphatic heterocycles. The molecule has 104 valence electrons. The predicted molar refractivity (Wildman–Crippen MR) is 70.3 cm³/mol. The maximum absolute atomic E-state index is 13.4. The van der Waals surface area contributed by atoms with Crippen LogP contribution in [-0.4, -0.2) is 22.0 Å². The van der Waals surface area contributed by atoms with E-state index in [1.54, 1.807) is 6.07 Å². The number of carbonyl (C=O) groups excluding carboxylic acids is 1. The van der Waals surface area contributed by atoms with Gasteiger partial charge < -0.3 is 10.4 Å². The lowest BCUT2D eigenvalue weighted by molar-refractivity contribution is 0.0690. The van der Waals surface area contributed by atoms with Gasteiger partial charge in [-0.3, -0.25) is 4.79 Å². The molecule has 1 amide bonds. The Morgan fingerprint density at radius 3 is 2.52 bits per heavy atom. The third kappa shape index (κ3) is 3.01. The van der Waals surface area contributed by atoms with Gasteiger partial charge in [-0.25, -0.2) is 14.2 Å². The smallest absolute Gasteiger partial charge is 0.354 e. The SMILES string of the molecule is N#Cc1c(F)cccc1NC(=O)c1cccc(C(=O)O)n1. The Hall–Kier alpha value is -3.27. The third-order valence-corrected chi connectivity index (χ3v) is 2.57. The lowest BCUT2D eigenvalue weighted by atomic mass is 10.1. The van der Waals surface area contributed by atoms with E-state index in [0.717, 1.165) is 6.07 Å². The number of hydrogen-bond acceptors (Lipinski definition) is 4. The summed E-state index contributed by atoms with van der Waals surface area (Å²) in [6.07, 6.45) is 0. The van der Waals surface area contributed by atoms with Crippen LogP contribution in [0.3, 0.4) is 0 Å². The fraction of sp³-hybridized carbons (Fsp3) is 0. The molecule has 2 N–H and O–H groups in total. The van der Waals surface area contributed by atoms with Gasteiger partial charge in [-0.1, -0.05) is 12.1 Å². The first-order chi connectivity index (χ1) is 10.0. The molecule has 0 aliphatic carbocycles. The van der Waals surface area contributed by atoms with Gasteiger partial charge >= 0.3 is 5.97 Å². The summed E-state index contributed by atoms with van der Waals surface area (Å²) < 4.78 is 13.4. The van der Waals surface area contributed by atoms with Crippen LogP contribution in [0.1, 0.15) is 26.5 Å². The average Bonchev–Trinajstić information content (AvgIpc) is 2.47. The van der Waals surface area contributed by atoms with Crippen LogP contribution in [0.15, 0.2) is 36.4 Å². The van der Waals surface area contributed by atoms with Crippen LogP contribution in [-0.2, 0) is 0 Å². The second-order valence-electron chi connectivity index (χ2n) is 3.94. The number of aromatic carboxylic acids is 1. The number of carboxylic acids is 1. The van der Waals surface area contributed by atoms with E-state index in [1.807, 2.05) is 0 Å². The highest BCUT2D eigenvalue weighted by Crippen LogP contribution is 2.18. The number of nitrogens with zero attached hydrogens (tertiary/aromatic N) is 2. The molecule has 0 atom stereocenters. The lowest BCUT2D eigenvalue weighted by Gasteiger charge is -2.07. The Morgan fingerprint density at radius 2 is 1.86 bits per heavy atom. The zero-order valence-corrected chi connectivity index (χ0v) is 10.5.